The Morgan fingerprint density at radius 3 is 1.71 bits per heavy atom. The molecule has 0 radical (unpaired) electrons. The van der Waals surface area contributed by atoms with E-state index in [0.717, 1.165) is 72.7 Å². The zero-order chi connectivity index (χ0) is 46.3. The summed E-state index contributed by atoms with van der Waals surface area (Å²) in [6.07, 6.45) is 1.92. The van der Waals surface area contributed by atoms with E-state index in [1.54, 1.807) is 0 Å². The average molecular weight is 894 g/mol. The lowest BCUT2D eigenvalue weighted by molar-refractivity contribution is 0.477. The Kier molecular flexibility index (Phi) is 10.4. The van der Waals surface area contributed by atoms with E-state index in [-0.39, 0.29) is 16.6 Å². The lowest BCUT2D eigenvalue weighted by Gasteiger charge is -2.42. The first-order chi connectivity index (χ1) is 31.4. The normalized spacial score (nSPS) is 14.2. The average Bonchev–Trinajstić information content (AvgIpc) is 3.70. The Labute approximate surface area is 392 Å². The van der Waals surface area contributed by atoms with Gasteiger partial charge >= 0.3 is 0 Å². The lowest BCUT2D eigenvalue weighted by atomic mass is 9.83. The van der Waals surface area contributed by atoms with E-state index in [4.69, 9.17) is 9.97 Å². The second-order valence-corrected chi connectivity index (χ2v) is 30.0. The molecule has 4 nitrogen and oxygen atoms in total. The summed E-state index contributed by atoms with van der Waals surface area (Å²) in [5, 5.41) is 18.3. The lowest BCUT2D eigenvalue weighted by Crippen LogP contribution is -2.77. The molecule has 0 atom stereocenters. The van der Waals surface area contributed by atoms with Gasteiger partial charge in [-0.2, -0.15) is 0 Å². The number of rotatable bonds is 6. The van der Waals surface area contributed by atoms with Gasteiger partial charge in [-0.05, 0) is 98.8 Å². The summed E-state index contributed by atoms with van der Waals surface area (Å²) >= 11 is 0. The second-order valence-electron chi connectivity index (χ2n) is 21.3. The van der Waals surface area contributed by atoms with Gasteiger partial charge in [0.05, 0.1) is 28.0 Å². The minimum Gasteiger partial charge on any atom is -0.507 e. The maximum atomic E-state index is 12.6. The monoisotopic (exact) mass is 893 g/mol. The topological polar surface area (TPSA) is 50.9 Å². The van der Waals surface area contributed by atoms with Crippen molar-refractivity contribution < 1.29 is 5.11 Å². The quantitative estimate of drug-likeness (QED) is 0.169. The minimum atomic E-state index is -2.21. The van der Waals surface area contributed by atoms with Crippen LogP contribution in [0.4, 0.5) is 0 Å². The van der Waals surface area contributed by atoms with Crippen LogP contribution in [0.1, 0.15) is 52.7 Å². The molecular formula is C60H59N3OSi2. The van der Waals surface area contributed by atoms with E-state index in [0.29, 0.717) is 0 Å². The van der Waals surface area contributed by atoms with Gasteiger partial charge in [0.15, 0.2) is 0 Å². The molecule has 0 bridgehead atoms. The van der Waals surface area contributed by atoms with Crippen molar-refractivity contribution in [3.63, 3.8) is 0 Å². The SMILES string of the molecule is CC(C)(C)c1cc(-c2cc(-c3ccccc3)ccn2)cc(-c2cccc3c2nc(-c2cc4c(cc2O)[Si](C)(C)c2ccccc2[Si]4(C)C)n3-c2ccc(C(C)(C)C)cc2-c2ccccc2)c1. The number of fused-ring (bicyclic) bond motifs is 3. The van der Waals surface area contributed by atoms with Crippen LogP contribution < -0.4 is 20.7 Å². The van der Waals surface area contributed by atoms with Crippen molar-refractivity contribution in [2.45, 2.75) is 78.6 Å². The van der Waals surface area contributed by atoms with Crippen LogP contribution in [0, 0.1) is 0 Å². The highest BCUT2D eigenvalue weighted by Gasteiger charge is 2.44. The van der Waals surface area contributed by atoms with Gasteiger partial charge in [-0.1, -0.05) is 198 Å². The zero-order valence-corrected chi connectivity index (χ0v) is 42.0. The molecular weight excluding hydrogens is 835 g/mol. The summed E-state index contributed by atoms with van der Waals surface area (Å²) in [5.74, 6) is 0.997. The first-order valence-corrected chi connectivity index (χ1v) is 29.3. The molecule has 0 fully saturated rings. The van der Waals surface area contributed by atoms with Crippen molar-refractivity contribution in [3.8, 4) is 67.5 Å². The molecule has 0 unspecified atom stereocenters. The Hall–Kier alpha value is -6.61. The molecule has 3 heterocycles. The molecule has 0 aliphatic carbocycles. The van der Waals surface area contributed by atoms with E-state index in [2.05, 4.69) is 236 Å². The van der Waals surface area contributed by atoms with Crippen molar-refractivity contribution in [2.75, 3.05) is 0 Å². The fraction of sp³-hybridized carbons (Fsp3) is 0.200. The Balaban J connectivity index is 1.27. The van der Waals surface area contributed by atoms with Gasteiger partial charge in [0, 0.05) is 22.9 Å². The van der Waals surface area contributed by atoms with E-state index in [1.165, 1.54) is 31.9 Å². The number of phenolic OH excluding ortho intramolecular Hbond substituents is 1. The minimum absolute atomic E-state index is 0.0692. The summed E-state index contributed by atoms with van der Waals surface area (Å²) in [5.41, 5.74) is 14.5. The number of pyridine rings is 1. The zero-order valence-electron chi connectivity index (χ0n) is 40.0. The largest absolute Gasteiger partial charge is 0.507 e. The molecule has 1 aliphatic rings. The van der Waals surface area contributed by atoms with Gasteiger partial charge in [-0.25, -0.2) is 4.98 Å². The number of para-hydroxylation sites is 1. The smallest absolute Gasteiger partial charge is 0.149 e. The molecule has 2 aromatic heterocycles. The van der Waals surface area contributed by atoms with Gasteiger partial charge in [0.25, 0.3) is 0 Å². The third-order valence-electron chi connectivity index (χ3n) is 14.1. The number of phenols is 1. The number of aromatic hydroxyl groups is 1. The molecule has 7 aromatic carbocycles. The molecule has 66 heavy (non-hydrogen) atoms. The molecule has 0 spiro atoms. The Morgan fingerprint density at radius 1 is 0.455 bits per heavy atom. The first kappa shape index (κ1) is 43.3. The molecule has 6 heteroatoms. The maximum absolute atomic E-state index is 12.6. The third-order valence-corrected chi connectivity index (χ3v) is 21.7. The molecule has 10 rings (SSSR count). The van der Waals surface area contributed by atoms with Crippen LogP contribution in [0.2, 0.25) is 26.2 Å². The van der Waals surface area contributed by atoms with Gasteiger partial charge < -0.3 is 5.11 Å². The predicted molar refractivity (Wildman–Crippen MR) is 285 cm³/mol. The number of nitrogens with zero attached hydrogens (tertiary/aromatic N) is 3. The van der Waals surface area contributed by atoms with Crippen LogP contribution in [0.25, 0.3) is 72.7 Å². The Morgan fingerprint density at radius 2 is 1.06 bits per heavy atom. The van der Waals surface area contributed by atoms with E-state index >= 15 is 0 Å². The molecule has 0 saturated carbocycles. The number of hydrogen-bond acceptors (Lipinski definition) is 3. The summed E-state index contributed by atoms with van der Waals surface area (Å²) in [6, 6.07) is 59.4. The highest BCUT2D eigenvalue weighted by atomic mass is 28.3. The summed E-state index contributed by atoms with van der Waals surface area (Å²) in [6.45, 7) is 23.5. The fourth-order valence-electron chi connectivity index (χ4n) is 10.2. The maximum Gasteiger partial charge on any atom is 0.149 e. The van der Waals surface area contributed by atoms with Crippen molar-refractivity contribution in [1.29, 1.82) is 0 Å². The van der Waals surface area contributed by atoms with Crippen molar-refractivity contribution >= 4 is 47.9 Å². The van der Waals surface area contributed by atoms with Crippen molar-refractivity contribution in [3.05, 3.63) is 181 Å². The standard InChI is InChI=1S/C60H59N3OSi2/c1-59(2,3)44-28-29-50(47(36-44)40-22-15-12-16-23-40)63-51-25-19-24-46(42-32-43(34-45(33-42)60(4,5)6)49-35-41(30-31-61-49)39-20-13-11-14-21-39)57(51)62-58(63)48-37-55-56(38-52(48)64)66(9,10)54-27-18-17-26-53(54)65(55,7)8/h11-38,64H,1-10H3. The van der Waals surface area contributed by atoms with E-state index < -0.39 is 16.1 Å². The highest BCUT2D eigenvalue weighted by molar-refractivity contribution is 7.16. The first-order valence-electron chi connectivity index (χ1n) is 23.3. The molecule has 1 N–H and O–H groups in total. The van der Waals surface area contributed by atoms with Crippen molar-refractivity contribution in [1.82, 2.24) is 14.5 Å². The van der Waals surface area contributed by atoms with E-state index in [1.807, 2.05) is 6.20 Å². The number of aromatic nitrogens is 3. The van der Waals surface area contributed by atoms with Crippen LogP contribution in [0.15, 0.2) is 170 Å². The molecule has 328 valence electrons. The molecule has 0 saturated heterocycles. The number of benzene rings is 7. The predicted octanol–water partition coefficient (Wildman–Crippen LogP) is 13.0. The summed E-state index contributed by atoms with van der Waals surface area (Å²) in [4.78, 5) is 10.7. The Bertz CT molecular complexity index is 3330. The van der Waals surface area contributed by atoms with Crippen LogP contribution in [-0.4, -0.2) is 35.8 Å². The number of hydrogen-bond donors (Lipinski definition) is 1. The third kappa shape index (κ3) is 7.37. The van der Waals surface area contributed by atoms with Gasteiger partial charge in [-0.15, -0.1) is 0 Å². The fourth-order valence-corrected chi connectivity index (χ4v) is 19.6. The van der Waals surface area contributed by atoms with Crippen molar-refractivity contribution in [2.24, 2.45) is 0 Å². The van der Waals surface area contributed by atoms with Gasteiger partial charge in [-0.3, -0.25) is 9.55 Å². The highest BCUT2D eigenvalue weighted by Crippen LogP contribution is 2.43. The van der Waals surface area contributed by atoms with Gasteiger partial charge in [0.2, 0.25) is 0 Å². The summed E-state index contributed by atoms with van der Waals surface area (Å²) < 4.78 is 2.32. The van der Waals surface area contributed by atoms with Crippen LogP contribution in [0.3, 0.4) is 0 Å². The molecule has 9 aromatic rings. The van der Waals surface area contributed by atoms with Crippen LogP contribution >= 0.6 is 0 Å². The van der Waals surface area contributed by atoms with Crippen LogP contribution in [-0.2, 0) is 10.8 Å². The summed E-state index contributed by atoms with van der Waals surface area (Å²) in [7, 11) is -4.36. The molecule has 1 aliphatic heterocycles. The van der Waals surface area contributed by atoms with Crippen LogP contribution in [0.5, 0.6) is 5.75 Å². The van der Waals surface area contributed by atoms with E-state index in [9.17, 15) is 5.11 Å². The molecule has 0 amide bonds. The van der Waals surface area contributed by atoms with Gasteiger partial charge in [0.1, 0.15) is 27.7 Å². The second kappa shape index (κ2) is 15.8. The number of imidazole rings is 1.